The maximum absolute atomic E-state index is 13.4. The molecule has 0 radical (unpaired) electrons. The molecule has 3 rings (SSSR count). The molecule has 1 amide bonds. The molecular formula is C26H38N2O6S. The van der Waals surface area contributed by atoms with Gasteiger partial charge in [0.2, 0.25) is 5.79 Å². The molecule has 35 heavy (non-hydrogen) atoms. The SMILES string of the molecule is CSC[C@H](NC(=O)OC(C)(C)C)[C@@]1(Cc2nccc3oc(CCC(C)C)cc23)OC(C)(C)OC1=O. The van der Waals surface area contributed by atoms with Crippen molar-refractivity contribution in [3.63, 3.8) is 0 Å². The third kappa shape index (κ3) is 6.70. The Hall–Kier alpha value is -2.26. The minimum atomic E-state index is -1.49. The van der Waals surface area contributed by atoms with Crippen LogP contribution in [0.15, 0.2) is 22.7 Å². The average Bonchev–Trinajstić information content (AvgIpc) is 3.23. The molecule has 194 valence electrons. The lowest BCUT2D eigenvalue weighted by molar-refractivity contribution is -0.169. The third-order valence-electron chi connectivity index (χ3n) is 5.68. The molecule has 0 unspecified atom stereocenters. The van der Waals surface area contributed by atoms with Crippen LogP contribution in [0.5, 0.6) is 0 Å². The van der Waals surface area contributed by atoms with E-state index in [1.807, 2.05) is 18.4 Å². The van der Waals surface area contributed by atoms with Crippen LogP contribution in [0.1, 0.15) is 66.3 Å². The molecular weight excluding hydrogens is 468 g/mol. The molecule has 1 saturated heterocycles. The Bertz CT molecular complexity index is 1060. The summed E-state index contributed by atoms with van der Waals surface area (Å²) in [4.78, 5) is 30.7. The van der Waals surface area contributed by atoms with Crippen LogP contribution in [-0.4, -0.2) is 52.1 Å². The monoisotopic (exact) mass is 506 g/mol. The second kappa shape index (κ2) is 10.4. The number of alkyl carbamates (subject to hydrolysis) is 1. The van der Waals surface area contributed by atoms with Gasteiger partial charge in [0.05, 0.1) is 11.7 Å². The molecule has 8 nitrogen and oxygen atoms in total. The number of fused-ring (bicyclic) bond motifs is 1. The first-order valence-corrected chi connectivity index (χ1v) is 13.4. The number of hydrogen-bond acceptors (Lipinski definition) is 8. The first-order chi connectivity index (χ1) is 16.2. The van der Waals surface area contributed by atoms with E-state index in [0.29, 0.717) is 22.9 Å². The Morgan fingerprint density at radius 2 is 2.00 bits per heavy atom. The Kier molecular flexibility index (Phi) is 8.11. The molecule has 1 aliphatic heterocycles. The number of nitrogens with one attached hydrogen (secondary N) is 1. The van der Waals surface area contributed by atoms with Crippen LogP contribution in [-0.2, 0) is 31.8 Å². The predicted octanol–water partition coefficient (Wildman–Crippen LogP) is 5.26. The molecule has 1 N–H and O–H groups in total. The van der Waals surface area contributed by atoms with E-state index < -0.39 is 35.1 Å². The summed E-state index contributed by atoms with van der Waals surface area (Å²) in [6.45, 7) is 13.1. The van der Waals surface area contributed by atoms with Gasteiger partial charge in [-0.1, -0.05) is 13.8 Å². The number of nitrogens with zero attached hydrogens (tertiary/aromatic N) is 1. The Morgan fingerprint density at radius 1 is 1.29 bits per heavy atom. The van der Waals surface area contributed by atoms with Gasteiger partial charge in [-0.15, -0.1) is 0 Å². The van der Waals surface area contributed by atoms with Crippen molar-refractivity contribution in [3.05, 3.63) is 29.8 Å². The van der Waals surface area contributed by atoms with Crippen molar-refractivity contribution in [2.75, 3.05) is 12.0 Å². The quantitative estimate of drug-likeness (QED) is 0.460. The molecule has 3 heterocycles. The minimum Gasteiger partial charge on any atom is -0.461 e. The van der Waals surface area contributed by atoms with Gasteiger partial charge in [-0.25, -0.2) is 9.59 Å². The lowest BCUT2D eigenvalue weighted by Gasteiger charge is -2.34. The number of aryl methyl sites for hydroxylation is 1. The van der Waals surface area contributed by atoms with Gasteiger partial charge >= 0.3 is 12.1 Å². The number of aromatic nitrogens is 1. The van der Waals surface area contributed by atoms with E-state index in [1.165, 1.54) is 11.8 Å². The van der Waals surface area contributed by atoms with Crippen molar-refractivity contribution in [1.82, 2.24) is 10.3 Å². The van der Waals surface area contributed by atoms with Gasteiger partial charge in [-0.2, -0.15) is 11.8 Å². The number of hydrogen-bond donors (Lipinski definition) is 1. The van der Waals surface area contributed by atoms with E-state index in [0.717, 1.165) is 24.0 Å². The second-order valence-electron chi connectivity index (χ2n) is 10.9. The summed E-state index contributed by atoms with van der Waals surface area (Å²) in [6.07, 6.45) is 4.87. The number of amides is 1. The highest BCUT2D eigenvalue weighted by atomic mass is 32.2. The largest absolute Gasteiger partial charge is 0.461 e. The van der Waals surface area contributed by atoms with Crippen LogP contribution in [0.2, 0.25) is 0 Å². The number of pyridine rings is 1. The second-order valence-corrected chi connectivity index (χ2v) is 11.8. The van der Waals surface area contributed by atoms with Gasteiger partial charge in [0.15, 0.2) is 5.60 Å². The van der Waals surface area contributed by atoms with Crippen molar-refractivity contribution in [2.24, 2.45) is 5.92 Å². The van der Waals surface area contributed by atoms with E-state index in [-0.39, 0.29) is 6.42 Å². The molecule has 9 heteroatoms. The number of carbonyl (C=O) groups excluding carboxylic acids is 2. The molecule has 0 saturated carbocycles. The normalized spacial score (nSPS) is 20.8. The molecule has 0 aliphatic carbocycles. The molecule has 0 bridgehead atoms. The van der Waals surface area contributed by atoms with E-state index in [1.54, 1.807) is 40.8 Å². The van der Waals surface area contributed by atoms with Gasteiger partial charge in [0.25, 0.3) is 0 Å². The van der Waals surface area contributed by atoms with Crippen LogP contribution in [0, 0.1) is 5.92 Å². The van der Waals surface area contributed by atoms with Crippen molar-refractivity contribution >= 4 is 34.8 Å². The maximum Gasteiger partial charge on any atom is 0.408 e. The highest BCUT2D eigenvalue weighted by molar-refractivity contribution is 7.98. The fraction of sp³-hybridized carbons (Fsp3) is 0.654. The number of esters is 1. The van der Waals surface area contributed by atoms with Gasteiger partial charge in [0.1, 0.15) is 16.9 Å². The number of ether oxygens (including phenoxy) is 3. The number of cyclic esters (lactones) is 1. The average molecular weight is 507 g/mol. The summed E-state index contributed by atoms with van der Waals surface area (Å²) in [6, 6.07) is 3.09. The van der Waals surface area contributed by atoms with E-state index >= 15 is 0 Å². The van der Waals surface area contributed by atoms with Crippen LogP contribution in [0.3, 0.4) is 0 Å². The Balaban J connectivity index is 2.00. The number of carbonyl (C=O) groups is 2. The molecule has 2 aromatic rings. The van der Waals surface area contributed by atoms with Crippen LogP contribution in [0.4, 0.5) is 4.79 Å². The Labute approximate surface area is 211 Å². The first-order valence-electron chi connectivity index (χ1n) is 12.0. The fourth-order valence-electron chi connectivity index (χ4n) is 4.18. The zero-order valence-corrected chi connectivity index (χ0v) is 22.8. The first kappa shape index (κ1) is 27.3. The van der Waals surface area contributed by atoms with Gasteiger partial charge in [-0.05, 0) is 51.5 Å². The van der Waals surface area contributed by atoms with E-state index in [4.69, 9.17) is 18.6 Å². The number of rotatable bonds is 9. The maximum atomic E-state index is 13.4. The zero-order chi connectivity index (χ0) is 26.0. The van der Waals surface area contributed by atoms with Gasteiger partial charge in [-0.3, -0.25) is 4.98 Å². The highest BCUT2D eigenvalue weighted by Gasteiger charge is 2.59. The summed E-state index contributed by atoms with van der Waals surface area (Å²) in [5.41, 5.74) is -0.821. The van der Waals surface area contributed by atoms with Crippen molar-refractivity contribution in [1.29, 1.82) is 0 Å². The molecule has 0 aromatic carbocycles. The summed E-state index contributed by atoms with van der Waals surface area (Å²) >= 11 is 1.49. The number of thioether (sulfide) groups is 1. The summed E-state index contributed by atoms with van der Waals surface area (Å²) < 4.78 is 23.5. The molecule has 2 aromatic heterocycles. The molecule has 1 fully saturated rings. The molecule has 2 atom stereocenters. The van der Waals surface area contributed by atoms with Crippen LogP contribution < -0.4 is 5.32 Å². The lowest BCUT2D eigenvalue weighted by atomic mass is 9.88. The van der Waals surface area contributed by atoms with Gasteiger partial charge < -0.3 is 23.9 Å². The van der Waals surface area contributed by atoms with Crippen molar-refractivity contribution in [3.8, 4) is 0 Å². The highest BCUT2D eigenvalue weighted by Crippen LogP contribution is 2.39. The third-order valence-corrected chi connectivity index (χ3v) is 6.34. The Morgan fingerprint density at radius 3 is 2.57 bits per heavy atom. The minimum absolute atomic E-state index is 0.108. The topological polar surface area (TPSA) is 99.9 Å². The zero-order valence-electron chi connectivity index (χ0n) is 22.0. The van der Waals surface area contributed by atoms with E-state index in [9.17, 15) is 9.59 Å². The summed E-state index contributed by atoms with van der Waals surface area (Å²) in [5.74, 6) is 0.139. The summed E-state index contributed by atoms with van der Waals surface area (Å²) in [7, 11) is 0. The van der Waals surface area contributed by atoms with Crippen LogP contribution >= 0.6 is 11.8 Å². The summed E-state index contributed by atoms with van der Waals surface area (Å²) in [5, 5.41) is 3.70. The lowest BCUT2D eigenvalue weighted by Crippen LogP contribution is -2.60. The standard InChI is InChI=1S/C26H38N2O6S/c1-16(2)9-10-17-13-18-19(27-12-11-20(18)31-17)14-26(22(29)32-25(6,7)34-26)21(15-35-8)28-23(30)33-24(3,4)5/h11-13,16,21H,9-10,14-15H2,1-8H3,(H,28,30)/t21-,26+/m0/s1. The van der Waals surface area contributed by atoms with Crippen molar-refractivity contribution in [2.45, 2.75) is 90.8 Å². The molecule has 1 aliphatic rings. The molecule has 0 spiro atoms. The smallest absolute Gasteiger partial charge is 0.408 e. The van der Waals surface area contributed by atoms with Crippen LogP contribution in [0.25, 0.3) is 11.0 Å². The van der Waals surface area contributed by atoms with Gasteiger partial charge in [0, 0.05) is 44.0 Å². The fourth-order valence-corrected chi connectivity index (χ4v) is 4.87. The predicted molar refractivity (Wildman–Crippen MR) is 136 cm³/mol. The number of furan rings is 1. The van der Waals surface area contributed by atoms with E-state index in [2.05, 4.69) is 24.1 Å². The van der Waals surface area contributed by atoms with Crippen molar-refractivity contribution < 1.29 is 28.2 Å².